The van der Waals surface area contributed by atoms with E-state index in [1.54, 1.807) is 18.6 Å². The molecule has 1 amide bonds. The molecule has 24 heavy (non-hydrogen) atoms. The SMILES string of the molecule is CC(C)C(=O)N1CCC[C@@H](c2ccc(Nc3cnccn3)cn2)C1. The molecule has 6 heteroatoms. The number of carbonyl (C=O) groups excluding carboxylic acids is 1. The molecule has 1 N–H and O–H groups in total. The number of nitrogens with one attached hydrogen (secondary N) is 1. The average Bonchev–Trinajstić information content (AvgIpc) is 2.62. The molecule has 126 valence electrons. The molecule has 2 aromatic heterocycles. The predicted octanol–water partition coefficient (Wildman–Crippen LogP) is 2.98. The second-order valence-electron chi connectivity index (χ2n) is 6.47. The number of amides is 1. The van der Waals surface area contributed by atoms with Crippen molar-refractivity contribution in [3.8, 4) is 0 Å². The van der Waals surface area contributed by atoms with Gasteiger partial charge in [-0.25, -0.2) is 4.98 Å². The molecule has 1 fully saturated rings. The molecule has 6 nitrogen and oxygen atoms in total. The predicted molar refractivity (Wildman–Crippen MR) is 92.9 cm³/mol. The van der Waals surface area contributed by atoms with Crippen molar-refractivity contribution in [3.63, 3.8) is 0 Å². The number of anilines is 2. The van der Waals surface area contributed by atoms with E-state index in [0.717, 1.165) is 37.3 Å². The van der Waals surface area contributed by atoms with Crippen LogP contribution in [0.25, 0.3) is 0 Å². The maximum Gasteiger partial charge on any atom is 0.225 e. The molecule has 2 aromatic rings. The molecule has 0 aliphatic carbocycles. The van der Waals surface area contributed by atoms with Crippen molar-refractivity contribution in [1.82, 2.24) is 19.9 Å². The lowest BCUT2D eigenvalue weighted by Gasteiger charge is -2.33. The maximum absolute atomic E-state index is 12.2. The van der Waals surface area contributed by atoms with Gasteiger partial charge in [0.1, 0.15) is 5.82 Å². The Bertz CT molecular complexity index is 672. The smallest absolute Gasteiger partial charge is 0.225 e. The van der Waals surface area contributed by atoms with Gasteiger partial charge in [0.15, 0.2) is 0 Å². The minimum absolute atomic E-state index is 0.0512. The molecule has 0 spiro atoms. The van der Waals surface area contributed by atoms with Gasteiger partial charge in [-0.15, -0.1) is 0 Å². The molecular formula is C18H23N5O. The van der Waals surface area contributed by atoms with Crippen molar-refractivity contribution in [2.75, 3.05) is 18.4 Å². The van der Waals surface area contributed by atoms with Gasteiger partial charge < -0.3 is 10.2 Å². The van der Waals surface area contributed by atoms with Crippen LogP contribution in [0.5, 0.6) is 0 Å². The maximum atomic E-state index is 12.2. The van der Waals surface area contributed by atoms with E-state index in [1.165, 1.54) is 0 Å². The topological polar surface area (TPSA) is 71.0 Å². The van der Waals surface area contributed by atoms with Crippen LogP contribution >= 0.6 is 0 Å². The first-order valence-electron chi connectivity index (χ1n) is 8.41. The zero-order chi connectivity index (χ0) is 16.9. The Morgan fingerprint density at radius 3 is 2.79 bits per heavy atom. The Labute approximate surface area is 142 Å². The third-order valence-electron chi connectivity index (χ3n) is 4.27. The van der Waals surface area contributed by atoms with Crippen molar-refractivity contribution >= 4 is 17.4 Å². The lowest BCUT2D eigenvalue weighted by Crippen LogP contribution is -2.41. The summed E-state index contributed by atoms with van der Waals surface area (Å²) in [5.41, 5.74) is 1.92. The van der Waals surface area contributed by atoms with E-state index in [-0.39, 0.29) is 11.8 Å². The third-order valence-corrected chi connectivity index (χ3v) is 4.27. The lowest BCUT2D eigenvalue weighted by molar-refractivity contribution is -0.135. The van der Waals surface area contributed by atoms with Gasteiger partial charge in [-0.1, -0.05) is 13.8 Å². The number of pyridine rings is 1. The zero-order valence-electron chi connectivity index (χ0n) is 14.1. The highest BCUT2D eigenvalue weighted by atomic mass is 16.2. The van der Waals surface area contributed by atoms with E-state index in [9.17, 15) is 4.79 Å². The number of likely N-dealkylation sites (tertiary alicyclic amines) is 1. The standard InChI is InChI=1S/C18H23N5O/c1-13(2)18(24)23-9-3-4-14(12-23)16-6-5-15(10-21-16)22-17-11-19-7-8-20-17/h5-8,10-11,13-14H,3-4,9,12H2,1-2H3,(H,20,22)/t14-/m1/s1. The Balaban J connectivity index is 1.65. The van der Waals surface area contributed by atoms with Gasteiger partial charge in [-0.2, -0.15) is 0 Å². The van der Waals surface area contributed by atoms with Crippen molar-refractivity contribution in [3.05, 3.63) is 42.6 Å². The summed E-state index contributed by atoms with van der Waals surface area (Å²) in [7, 11) is 0. The van der Waals surface area contributed by atoms with Crippen LogP contribution in [0.4, 0.5) is 11.5 Å². The van der Waals surface area contributed by atoms with Gasteiger partial charge in [-0.05, 0) is 25.0 Å². The van der Waals surface area contributed by atoms with Crippen LogP contribution in [-0.2, 0) is 4.79 Å². The van der Waals surface area contributed by atoms with Crippen molar-refractivity contribution in [2.24, 2.45) is 5.92 Å². The Morgan fingerprint density at radius 2 is 2.12 bits per heavy atom. The molecular weight excluding hydrogens is 302 g/mol. The van der Waals surface area contributed by atoms with Crippen LogP contribution < -0.4 is 5.32 Å². The van der Waals surface area contributed by atoms with Gasteiger partial charge in [0.25, 0.3) is 0 Å². The van der Waals surface area contributed by atoms with Gasteiger partial charge in [0, 0.05) is 43.0 Å². The molecule has 3 heterocycles. The van der Waals surface area contributed by atoms with Crippen LogP contribution in [0.2, 0.25) is 0 Å². The summed E-state index contributed by atoms with van der Waals surface area (Å²) in [4.78, 5) is 27.0. The van der Waals surface area contributed by atoms with Crippen LogP contribution in [0.15, 0.2) is 36.9 Å². The zero-order valence-corrected chi connectivity index (χ0v) is 14.1. The van der Waals surface area contributed by atoms with Crippen molar-refractivity contribution in [1.29, 1.82) is 0 Å². The number of nitrogens with zero attached hydrogens (tertiary/aromatic N) is 4. The van der Waals surface area contributed by atoms with E-state index >= 15 is 0 Å². The largest absolute Gasteiger partial charge is 0.342 e. The molecule has 3 rings (SSSR count). The first-order valence-corrected chi connectivity index (χ1v) is 8.41. The summed E-state index contributed by atoms with van der Waals surface area (Å²) in [5.74, 6) is 1.29. The average molecular weight is 325 g/mol. The molecule has 1 aliphatic rings. The van der Waals surface area contributed by atoms with Gasteiger partial charge >= 0.3 is 0 Å². The second-order valence-corrected chi connectivity index (χ2v) is 6.47. The van der Waals surface area contributed by atoms with Crippen LogP contribution in [0.3, 0.4) is 0 Å². The summed E-state index contributed by atoms with van der Waals surface area (Å²) < 4.78 is 0. The highest BCUT2D eigenvalue weighted by Crippen LogP contribution is 2.27. The van der Waals surface area contributed by atoms with E-state index in [0.29, 0.717) is 11.7 Å². The quantitative estimate of drug-likeness (QED) is 0.936. The highest BCUT2D eigenvalue weighted by Gasteiger charge is 2.26. The second kappa shape index (κ2) is 7.38. The van der Waals surface area contributed by atoms with Gasteiger partial charge in [0.05, 0.1) is 18.1 Å². The highest BCUT2D eigenvalue weighted by molar-refractivity contribution is 5.78. The van der Waals surface area contributed by atoms with E-state index < -0.39 is 0 Å². The van der Waals surface area contributed by atoms with Crippen LogP contribution in [0, 0.1) is 5.92 Å². The number of carbonyl (C=O) groups is 1. The molecule has 1 saturated heterocycles. The Morgan fingerprint density at radius 1 is 1.25 bits per heavy atom. The minimum Gasteiger partial charge on any atom is -0.342 e. The lowest BCUT2D eigenvalue weighted by atomic mass is 9.93. The monoisotopic (exact) mass is 325 g/mol. The Kier molecular flexibility index (Phi) is 5.03. The fourth-order valence-electron chi connectivity index (χ4n) is 3.02. The molecule has 0 saturated carbocycles. The molecule has 0 unspecified atom stereocenters. The summed E-state index contributed by atoms with van der Waals surface area (Å²) >= 11 is 0. The van der Waals surface area contributed by atoms with E-state index in [4.69, 9.17) is 0 Å². The fraction of sp³-hybridized carbons (Fsp3) is 0.444. The van der Waals surface area contributed by atoms with Crippen molar-refractivity contribution < 1.29 is 4.79 Å². The van der Waals surface area contributed by atoms with Crippen LogP contribution in [-0.4, -0.2) is 38.8 Å². The summed E-state index contributed by atoms with van der Waals surface area (Å²) in [6.07, 6.45) is 8.88. The minimum atomic E-state index is 0.0512. The van der Waals surface area contributed by atoms with E-state index in [2.05, 4.69) is 20.3 Å². The fourth-order valence-corrected chi connectivity index (χ4v) is 3.02. The summed E-state index contributed by atoms with van der Waals surface area (Å²) in [5, 5.41) is 3.18. The molecule has 1 aliphatic heterocycles. The summed E-state index contributed by atoms with van der Waals surface area (Å²) in [6, 6.07) is 4.03. The molecule has 0 bridgehead atoms. The number of aromatic nitrogens is 3. The molecule has 0 radical (unpaired) electrons. The number of piperidine rings is 1. The summed E-state index contributed by atoms with van der Waals surface area (Å²) in [6.45, 7) is 5.54. The molecule has 1 atom stereocenters. The third kappa shape index (κ3) is 3.88. The van der Waals surface area contributed by atoms with E-state index in [1.807, 2.05) is 37.1 Å². The van der Waals surface area contributed by atoms with Crippen LogP contribution in [0.1, 0.15) is 38.3 Å². The normalized spacial score (nSPS) is 17.8. The first kappa shape index (κ1) is 16.4. The Hall–Kier alpha value is -2.50. The van der Waals surface area contributed by atoms with Gasteiger partial charge in [0.2, 0.25) is 5.91 Å². The number of hydrogen-bond donors (Lipinski definition) is 1. The number of hydrogen-bond acceptors (Lipinski definition) is 5. The first-order chi connectivity index (χ1) is 11.6. The molecule has 0 aromatic carbocycles. The van der Waals surface area contributed by atoms with Gasteiger partial charge in [-0.3, -0.25) is 14.8 Å². The number of rotatable bonds is 4. The van der Waals surface area contributed by atoms with Crippen molar-refractivity contribution in [2.45, 2.75) is 32.6 Å².